The topological polar surface area (TPSA) is 108 Å². The van der Waals surface area contributed by atoms with Crippen LogP contribution in [0, 0.1) is 0 Å². The maximum Gasteiger partial charge on any atom is 0.317 e. The van der Waals surface area contributed by atoms with Crippen LogP contribution < -0.4 is 15.4 Å². The number of carbonyl (C=O) groups excluding carboxylic acids is 1. The van der Waals surface area contributed by atoms with E-state index in [-0.39, 0.29) is 12.1 Å². The predicted molar refractivity (Wildman–Crippen MR) is 131 cm³/mol. The van der Waals surface area contributed by atoms with E-state index in [0.29, 0.717) is 13.2 Å². The monoisotopic (exact) mass is 465 g/mol. The fraction of sp³-hybridized carbons (Fsp3) is 0.391. The van der Waals surface area contributed by atoms with Gasteiger partial charge in [0.2, 0.25) is 0 Å². The summed E-state index contributed by atoms with van der Waals surface area (Å²) in [6, 6.07) is 4.08. The molecule has 33 heavy (non-hydrogen) atoms. The molecule has 10 heteroatoms. The highest BCUT2D eigenvalue weighted by Gasteiger charge is 2.27. The molecule has 9 nitrogen and oxygen atoms in total. The summed E-state index contributed by atoms with van der Waals surface area (Å²) in [6.07, 6.45) is 5.96. The number of nitrogens with zero attached hydrogens (tertiary/aromatic N) is 4. The fourth-order valence-corrected chi connectivity index (χ4v) is 5.50. The van der Waals surface area contributed by atoms with Crippen LogP contribution in [0.15, 0.2) is 24.7 Å². The number of carbonyl (C=O) groups is 1. The summed E-state index contributed by atoms with van der Waals surface area (Å²) >= 11 is 1.69. The molecule has 1 aromatic carbocycles. The van der Waals surface area contributed by atoms with E-state index in [1.54, 1.807) is 28.8 Å². The number of benzene rings is 1. The highest BCUT2D eigenvalue weighted by Crippen LogP contribution is 2.40. The Kier molecular flexibility index (Phi) is 5.76. The van der Waals surface area contributed by atoms with Crippen LogP contribution >= 0.6 is 11.3 Å². The van der Waals surface area contributed by atoms with Gasteiger partial charge >= 0.3 is 6.03 Å². The third-order valence-corrected chi connectivity index (χ3v) is 7.25. The van der Waals surface area contributed by atoms with Crippen LogP contribution in [-0.4, -0.2) is 57.3 Å². The average molecular weight is 466 g/mol. The Balaban J connectivity index is 1.46. The van der Waals surface area contributed by atoms with E-state index in [1.165, 1.54) is 10.4 Å². The minimum absolute atomic E-state index is 0.0210. The third-order valence-electron chi connectivity index (χ3n) is 6.09. The van der Waals surface area contributed by atoms with Gasteiger partial charge in [0.15, 0.2) is 0 Å². The zero-order valence-electron chi connectivity index (χ0n) is 18.9. The van der Waals surface area contributed by atoms with E-state index in [0.717, 1.165) is 57.6 Å². The van der Waals surface area contributed by atoms with E-state index < -0.39 is 0 Å². The number of thiophene rings is 1. The molecule has 172 valence electrons. The van der Waals surface area contributed by atoms with Crippen LogP contribution in [0.1, 0.15) is 30.7 Å². The van der Waals surface area contributed by atoms with Crippen LogP contribution in [0.3, 0.4) is 0 Å². The van der Waals surface area contributed by atoms with E-state index in [9.17, 15) is 4.79 Å². The lowest BCUT2D eigenvalue weighted by Gasteiger charge is -2.26. The van der Waals surface area contributed by atoms with Gasteiger partial charge in [0, 0.05) is 42.4 Å². The molecule has 1 aliphatic carbocycles. The lowest BCUT2D eigenvalue weighted by atomic mass is 9.93. The van der Waals surface area contributed by atoms with E-state index >= 15 is 0 Å². The maximum atomic E-state index is 12.3. The second-order valence-corrected chi connectivity index (χ2v) is 9.26. The molecule has 1 unspecified atom stereocenters. The van der Waals surface area contributed by atoms with Crippen molar-refractivity contribution >= 4 is 50.0 Å². The Hall–Kier alpha value is -3.40. The van der Waals surface area contributed by atoms with Gasteiger partial charge in [0.25, 0.3) is 0 Å². The summed E-state index contributed by atoms with van der Waals surface area (Å²) < 4.78 is 5.88. The van der Waals surface area contributed by atoms with Crippen LogP contribution in [0.4, 0.5) is 16.3 Å². The molecule has 1 atom stereocenters. The summed E-state index contributed by atoms with van der Waals surface area (Å²) in [6.45, 7) is 5.18. The number of aryl methyl sites for hydroxylation is 1. The van der Waals surface area contributed by atoms with Crippen LogP contribution in [0.2, 0.25) is 0 Å². The zero-order chi connectivity index (χ0) is 22.9. The molecule has 4 aromatic rings. The molecule has 3 N–H and O–H groups in total. The Morgan fingerprint density at radius 2 is 2.21 bits per heavy atom. The van der Waals surface area contributed by atoms with E-state index in [4.69, 9.17) is 4.74 Å². The lowest BCUT2D eigenvalue weighted by Crippen LogP contribution is -2.45. The first-order valence-corrected chi connectivity index (χ1v) is 12.0. The fourth-order valence-electron chi connectivity index (χ4n) is 4.23. The van der Waals surface area contributed by atoms with Crippen molar-refractivity contribution in [2.45, 2.75) is 39.2 Å². The number of hydrogen-bond acceptors (Lipinski definition) is 7. The molecule has 2 amide bonds. The molecule has 0 spiro atoms. The van der Waals surface area contributed by atoms with Gasteiger partial charge in [-0.2, -0.15) is 5.10 Å². The molecule has 0 fully saturated rings. The second kappa shape index (κ2) is 8.86. The van der Waals surface area contributed by atoms with Gasteiger partial charge in [0.1, 0.15) is 22.7 Å². The molecule has 1 aliphatic rings. The second-order valence-electron chi connectivity index (χ2n) is 8.17. The Bertz CT molecular complexity index is 1320. The van der Waals surface area contributed by atoms with Crippen molar-refractivity contribution in [3.63, 3.8) is 0 Å². The van der Waals surface area contributed by atoms with Gasteiger partial charge < -0.3 is 20.3 Å². The molecule has 0 aliphatic heterocycles. The molecular weight excluding hydrogens is 438 g/mol. The standard InChI is InChI=1S/C23H27N7O2S/c1-4-30(3)23(31)27-14-6-7-15-19(9-14)33-22-20(15)21(24-12-25-22)28-17-8-13-11-26-29-16(13)10-18(17)32-5-2/h8,10-12,14H,4-7,9H2,1-3H3,(H,26,29)(H,27,31)(H,24,25,28). The Labute approximate surface area is 195 Å². The number of rotatable bonds is 6. The number of aromatic amines is 1. The smallest absolute Gasteiger partial charge is 0.317 e. The SMILES string of the molecule is CCOc1cc2[nH]ncc2cc1Nc1ncnc2sc3c(c12)CCC(NC(=O)N(C)CC)C3. The summed E-state index contributed by atoms with van der Waals surface area (Å²) in [4.78, 5) is 25.3. The number of nitrogens with one attached hydrogen (secondary N) is 3. The third kappa shape index (κ3) is 4.06. The summed E-state index contributed by atoms with van der Waals surface area (Å²) in [5.41, 5.74) is 3.04. The molecule has 0 radical (unpaired) electrons. The number of hydrogen-bond donors (Lipinski definition) is 3. The number of aromatic nitrogens is 4. The lowest BCUT2D eigenvalue weighted by molar-refractivity contribution is 0.205. The minimum atomic E-state index is -0.0210. The van der Waals surface area contributed by atoms with Crippen molar-refractivity contribution < 1.29 is 9.53 Å². The number of fused-ring (bicyclic) bond motifs is 4. The van der Waals surface area contributed by atoms with Crippen molar-refractivity contribution in [3.05, 3.63) is 35.1 Å². The van der Waals surface area contributed by atoms with Crippen molar-refractivity contribution in [1.29, 1.82) is 0 Å². The molecule has 0 bridgehead atoms. The first-order chi connectivity index (χ1) is 16.1. The van der Waals surface area contributed by atoms with E-state index in [2.05, 4.69) is 30.8 Å². The van der Waals surface area contributed by atoms with Crippen LogP contribution in [0.5, 0.6) is 5.75 Å². The number of anilines is 2. The highest BCUT2D eigenvalue weighted by molar-refractivity contribution is 7.19. The van der Waals surface area contributed by atoms with Crippen LogP contribution in [0.25, 0.3) is 21.1 Å². The maximum absolute atomic E-state index is 12.3. The first kappa shape index (κ1) is 21.4. The van der Waals surface area contributed by atoms with Crippen molar-refractivity contribution in [2.24, 2.45) is 0 Å². The minimum Gasteiger partial charge on any atom is -0.492 e. The molecule has 3 aromatic heterocycles. The van der Waals surface area contributed by atoms with Crippen LogP contribution in [-0.2, 0) is 12.8 Å². The molecule has 3 heterocycles. The summed E-state index contributed by atoms with van der Waals surface area (Å²) in [7, 11) is 1.81. The number of ether oxygens (including phenoxy) is 1. The van der Waals surface area contributed by atoms with Gasteiger partial charge in [-0.1, -0.05) is 0 Å². The van der Waals surface area contributed by atoms with Crippen molar-refractivity contribution in [3.8, 4) is 5.75 Å². The van der Waals surface area contributed by atoms with Gasteiger partial charge in [-0.25, -0.2) is 14.8 Å². The number of amides is 2. The Morgan fingerprint density at radius 3 is 3.03 bits per heavy atom. The predicted octanol–water partition coefficient (Wildman–Crippen LogP) is 4.23. The molecule has 0 saturated carbocycles. The molecular formula is C23H27N7O2S. The largest absolute Gasteiger partial charge is 0.492 e. The van der Waals surface area contributed by atoms with Gasteiger partial charge in [0.05, 0.1) is 29.4 Å². The van der Waals surface area contributed by atoms with Crippen molar-refractivity contribution in [1.82, 2.24) is 30.4 Å². The summed E-state index contributed by atoms with van der Waals surface area (Å²) in [5.74, 6) is 1.52. The van der Waals surface area contributed by atoms with Gasteiger partial charge in [-0.15, -0.1) is 11.3 Å². The summed E-state index contributed by atoms with van der Waals surface area (Å²) in [5, 5.41) is 15.8. The van der Waals surface area contributed by atoms with Gasteiger partial charge in [-0.05, 0) is 38.3 Å². The first-order valence-electron chi connectivity index (χ1n) is 11.2. The molecule has 0 saturated heterocycles. The normalized spacial score (nSPS) is 15.4. The Morgan fingerprint density at radius 1 is 1.33 bits per heavy atom. The zero-order valence-corrected chi connectivity index (χ0v) is 19.8. The highest BCUT2D eigenvalue weighted by atomic mass is 32.1. The molecule has 5 rings (SSSR count). The van der Waals surface area contributed by atoms with Crippen molar-refractivity contribution in [2.75, 3.05) is 25.5 Å². The number of urea groups is 1. The van der Waals surface area contributed by atoms with Gasteiger partial charge in [-0.3, -0.25) is 5.10 Å². The van der Waals surface area contributed by atoms with E-state index in [1.807, 2.05) is 33.0 Å². The average Bonchev–Trinajstić information content (AvgIpc) is 3.42. The quantitative estimate of drug-likeness (QED) is 0.393. The number of H-pyrrole nitrogens is 1.